The van der Waals surface area contributed by atoms with E-state index in [1.165, 1.54) is 18.7 Å². The lowest BCUT2D eigenvalue weighted by molar-refractivity contribution is 0.155. The van der Waals surface area contributed by atoms with Crippen LogP contribution in [0.4, 0.5) is 4.79 Å². The summed E-state index contributed by atoms with van der Waals surface area (Å²) in [5.41, 5.74) is 2.37. The maximum Gasteiger partial charge on any atom is 0.430 e. The Balaban J connectivity index is 2.56. The predicted molar refractivity (Wildman–Crippen MR) is 30.6 cm³/mol. The molecule has 0 spiro atoms. The smallest absolute Gasteiger partial charge is 0.430 e. The van der Waals surface area contributed by atoms with Crippen molar-refractivity contribution >= 4 is 12.4 Å². The summed E-state index contributed by atoms with van der Waals surface area (Å²) in [4.78, 5) is 13.7. The van der Waals surface area contributed by atoms with E-state index in [1.54, 1.807) is 0 Å². The minimum absolute atomic E-state index is 0.896. The van der Waals surface area contributed by atoms with E-state index in [1.807, 2.05) is 0 Å². The third-order valence-corrected chi connectivity index (χ3v) is 0.779. The van der Waals surface area contributed by atoms with E-state index in [2.05, 4.69) is 10.4 Å². The number of hydrazine groups is 1. The van der Waals surface area contributed by atoms with Crippen molar-refractivity contribution in [1.82, 2.24) is 10.4 Å². The molecule has 1 aliphatic rings. The Kier molecular flexibility index (Phi) is 1.35. The van der Waals surface area contributed by atoms with Crippen molar-refractivity contribution in [3.63, 3.8) is 0 Å². The van der Waals surface area contributed by atoms with Crippen LogP contribution in [-0.4, -0.2) is 22.5 Å². The lowest BCUT2D eigenvalue weighted by Gasteiger charge is -2.14. The summed E-state index contributed by atoms with van der Waals surface area (Å²) in [7, 11) is 0. The van der Waals surface area contributed by atoms with Gasteiger partial charge in [0.1, 0.15) is 6.34 Å². The standard InChI is InChI=1S/C4H5N3O2/c8-4(9)7-2-1-5-3-6-7/h1-3H,(H,5,6)(H,8,9). The van der Waals surface area contributed by atoms with Gasteiger partial charge in [-0.15, -0.1) is 0 Å². The van der Waals surface area contributed by atoms with Gasteiger partial charge in [-0.3, -0.25) is 5.43 Å². The monoisotopic (exact) mass is 127 g/mol. The predicted octanol–water partition coefficient (Wildman–Crippen LogP) is -0.0159. The number of hydrogen-bond acceptors (Lipinski definition) is 3. The highest BCUT2D eigenvalue weighted by molar-refractivity contribution is 5.70. The van der Waals surface area contributed by atoms with E-state index >= 15 is 0 Å². The van der Waals surface area contributed by atoms with Crippen LogP contribution in [0.1, 0.15) is 0 Å². The molecule has 0 aromatic rings. The second-order valence-electron chi connectivity index (χ2n) is 1.36. The molecule has 1 rings (SSSR count). The van der Waals surface area contributed by atoms with Crippen molar-refractivity contribution in [2.45, 2.75) is 0 Å². The molecular formula is C4H5N3O2. The fraction of sp³-hybridized carbons (Fsp3) is 0. The molecule has 0 atom stereocenters. The summed E-state index contributed by atoms with van der Waals surface area (Å²) in [5, 5.41) is 9.18. The molecule has 0 fully saturated rings. The number of nitrogens with zero attached hydrogens (tertiary/aromatic N) is 2. The molecular weight excluding hydrogens is 122 g/mol. The maximum atomic E-state index is 10.1. The molecule has 5 nitrogen and oxygen atoms in total. The van der Waals surface area contributed by atoms with Gasteiger partial charge in [0.15, 0.2) is 0 Å². The molecule has 1 heterocycles. The van der Waals surface area contributed by atoms with E-state index in [9.17, 15) is 4.79 Å². The van der Waals surface area contributed by atoms with E-state index in [0.29, 0.717) is 0 Å². The normalized spacial score (nSPS) is 15.3. The first-order valence-corrected chi connectivity index (χ1v) is 2.27. The fourth-order valence-electron chi connectivity index (χ4n) is 0.406. The summed E-state index contributed by atoms with van der Waals surface area (Å²) in [5.74, 6) is 0. The van der Waals surface area contributed by atoms with Crippen LogP contribution in [-0.2, 0) is 0 Å². The zero-order chi connectivity index (χ0) is 6.69. The molecule has 0 bridgehead atoms. The zero-order valence-electron chi connectivity index (χ0n) is 4.48. The van der Waals surface area contributed by atoms with Crippen molar-refractivity contribution in [3.05, 3.63) is 12.4 Å². The van der Waals surface area contributed by atoms with Gasteiger partial charge in [0.2, 0.25) is 0 Å². The van der Waals surface area contributed by atoms with Crippen LogP contribution in [0.3, 0.4) is 0 Å². The van der Waals surface area contributed by atoms with E-state index in [0.717, 1.165) is 5.01 Å². The Hall–Kier alpha value is -1.52. The molecule has 0 unspecified atom stereocenters. The molecule has 0 saturated heterocycles. The highest BCUT2D eigenvalue weighted by atomic mass is 16.4. The average molecular weight is 127 g/mol. The summed E-state index contributed by atoms with van der Waals surface area (Å²) < 4.78 is 0. The third-order valence-electron chi connectivity index (χ3n) is 0.779. The van der Waals surface area contributed by atoms with Gasteiger partial charge < -0.3 is 5.11 Å². The Morgan fingerprint density at radius 2 is 2.56 bits per heavy atom. The minimum Gasteiger partial charge on any atom is -0.463 e. The molecule has 0 aliphatic carbocycles. The summed E-state index contributed by atoms with van der Waals surface area (Å²) in [6.45, 7) is 0. The van der Waals surface area contributed by atoms with Crippen LogP contribution in [0.25, 0.3) is 0 Å². The summed E-state index contributed by atoms with van der Waals surface area (Å²) in [6.07, 6.45) is 2.92. The molecule has 1 amide bonds. The van der Waals surface area contributed by atoms with Crippen molar-refractivity contribution in [1.29, 1.82) is 0 Å². The number of amides is 1. The Morgan fingerprint density at radius 3 is 2.89 bits per heavy atom. The molecule has 0 aromatic carbocycles. The van der Waals surface area contributed by atoms with Crippen molar-refractivity contribution in [2.75, 3.05) is 0 Å². The molecule has 0 radical (unpaired) electrons. The van der Waals surface area contributed by atoms with Gasteiger partial charge in [-0.05, 0) is 0 Å². The van der Waals surface area contributed by atoms with Gasteiger partial charge in [0.05, 0.1) is 6.20 Å². The summed E-state index contributed by atoms with van der Waals surface area (Å²) >= 11 is 0. The van der Waals surface area contributed by atoms with Gasteiger partial charge in [-0.2, -0.15) is 5.01 Å². The van der Waals surface area contributed by atoms with E-state index in [4.69, 9.17) is 5.11 Å². The largest absolute Gasteiger partial charge is 0.463 e. The average Bonchev–Trinajstić information content (AvgIpc) is 1.90. The molecule has 5 heteroatoms. The minimum atomic E-state index is -1.06. The molecule has 0 saturated carbocycles. The van der Waals surface area contributed by atoms with E-state index < -0.39 is 6.09 Å². The Bertz CT molecular complexity index is 175. The van der Waals surface area contributed by atoms with Crippen molar-refractivity contribution < 1.29 is 9.90 Å². The third kappa shape index (κ3) is 1.18. The van der Waals surface area contributed by atoms with Crippen LogP contribution in [0.2, 0.25) is 0 Å². The number of rotatable bonds is 0. The number of hydrogen-bond donors (Lipinski definition) is 2. The number of nitrogens with one attached hydrogen (secondary N) is 1. The van der Waals surface area contributed by atoms with Gasteiger partial charge in [-0.25, -0.2) is 9.79 Å². The first kappa shape index (κ1) is 5.61. The second-order valence-corrected chi connectivity index (χ2v) is 1.36. The van der Waals surface area contributed by atoms with Gasteiger partial charge in [-0.1, -0.05) is 0 Å². The molecule has 0 aromatic heterocycles. The molecule has 2 N–H and O–H groups in total. The topological polar surface area (TPSA) is 64.9 Å². The number of carboxylic acid groups (broad SMARTS) is 1. The lowest BCUT2D eigenvalue weighted by atomic mass is 10.8. The molecule has 9 heavy (non-hydrogen) atoms. The van der Waals surface area contributed by atoms with Crippen LogP contribution < -0.4 is 5.43 Å². The maximum absolute atomic E-state index is 10.1. The fourth-order valence-corrected chi connectivity index (χ4v) is 0.406. The Morgan fingerprint density at radius 1 is 1.78 bits per heavy atom. The quantitative estimate of drug-likeness (QED) is 0.480. The van der Waals surface area contributed by atoms with Gasteiger partial charge in [0, 0.05) is 6.20 Å². The lowest BCUT2D eigenvalue weighted by Crippen LogP contribution is -2.37. The Labute approximate surface area is 51.3 Å². The second kappa shape index (κ2) is 2.17. The van der Waals surface area contributed by atoms with Crippen LogP contribution >= 0.6 is 0 Å². The van der Waals surface area contributed by atoms with Crippen molar-refractivity contribution in [3.8, 4) is 0 Å². The van der Waals surface area contributed by atoms with Crippen LogP contribution in [0.5, 0.6) is 0 Å². The first-order chi connectivity index (χ1) is 4.30. The van der Waals surface area contributed by atoms with Crippen molar-refractivity contribution in [2.24, 2.45) is 4.99 Å². The molecule has 1 aliphatic heterocycles. The molecule has 48 valence electrons. The van der Waals surface area contributed by atoms with Gasteiger partial charge in [0.25, 0.3) is 0 Å². The van der Waals surface area contributed by atoms with Crippen LogP contribution in [0.15, 0.2) is 17.4 Å². The highest BCUT2D eigenvalue weighted by Gasteiger charge is 2.05. The van der Waals surface area contributed by atoms with Crippen LogP contribution in [0, 0.1) is 0 Å². The van der Waals surface area contributed by atoms with E-state index in [-0.39, 0.29) is 0 Å². The highest BCUT2D eigenvalue weighted by Crippen LogP contribution is 1.88. The van der Waals surface area contributed by atoms with Gasteiger partial charge >= 0.3 is 6.09 Å². The number of aliphatic imine (C=N–C) groups is 1. The SMILES string of the molecule is O=C(O)N1C=CN=CN1. The number of carbonyl (C=O) groups is 1. The zero-order valence-corrected chi connectivity index (χ0v) is 4.48. The first-order valence-electron chi connectivity index (χ1n) is 2.27. The summed E-state index contributed by atoms with van der Waals surface area (Å²) in [6, 6.07) is 0.